The van der Waals surface area contributed by atoms with Crippen molar-refractivity contribution >= 4 is 17.3 Å². The number of aromatic nitrogens is 1. The first-order valence-corrected chi connectivity index (χ1v) is 6.25. The van der Waals surface area contributed by atoms with E-state index in [1.165, 1.54) is 22.8 Å². The molecular formula is C13H12FNO2S. The fourth-order valence-electron chi connectivity index (χ4n) is 1.74. The van der Waals surface area contributed by atoms with Gasteiger partial charge in [0, 0.05) is 16.4 Å². The lowest BCUT2D eigenvalue weighted by atomic mass is 9.85. The average molecular weight is 265 g/mol. The molecule has 1 heterocycles. The van der Waals surface area contributed by atoms with E-state index in [4.69, 9.17) is 5.11 Å². The topological polar surface area (TPSA) is 50.2 Å². The van der Waals surface area contributed by atoms with E-state index in [0.29, 0.717) is 10.6 Å². The van der Waals surface area contributed by atoms with Gasteiger partial charge in [-0.15, -0.1) is 11.3 Å². The molecule has 94 valence electrons. The highest BCUT2D eigenvalue weighted by molar-refractivity contribution is 7.10. The number of aromatic carboxylic acids is 1. The molecule has 18 heavy (non-hydrogen) atoms. The number of nitrogens with zero attached hydrogens (tertiary/aromatic N) is 1. The molecule has 2 aromatic rings. The summed E-state index contributed by atoms with van der Waals surface area (Å²) in [6.07, 6.45) is 0. The molecule has 1 aromatic heterocycles. The zero-order valence-corrected chi connectivity index (χ0v) is 10.8. The van der Waals surface area contributed by atoms with Crippen LogP contribution in [0.25, 0.3) is 0 Å². The number of rotatable bonds is 3. The lowest BCUT2D eigenvalue weighted by Crippen LogP contribution is -2.20. The number of carbonyl (C=O) groups is 1. The van der Waals surface area contributed by atoms with Gasteiger partial charge in [0.25, 0.3) is 0 Å². The lowest BCUT2D eigenvalue weighted by molar-refractivity contribution is 0.0691. The summed E-state index contributed by atoms with van der Waals surface area (Å²) in [6, 6.07) is 6.46. The van der Waals surface area contributed by atoms with E-state index in [9.17, 15) is 9.18 Å². The molecule has 0 radical (unpaired) electrons. The van der Waals surface area contributed by atoms with Gasteiger partial charge in [0.05, 0.1) is 0 Å². The monoisotopic (exact) mass is 265 g/mol. The Morgan fingerprint density at radius 1 is 1.39 bits per heavy atom. The molecule has 2 rings (SSSR count). The van der Waals surface area contributed by atoms with Gasteiger partial charge in [0.2, 0.25) is 0 Å². The van der Waals surface area contributed by atoms with Crippen LogP contribution in [0, 0.1) is 5.82 Å². The minimum atomic E-state index is -1.07. The number of halogens is 1. The molecule has 0 saturated carbocycles. The Labute approximate surface area is 108 Å². The predicted molar refractivity (Wildman–Crippen MR) is 67.6 cm³/mol. The first-order valence-electron chi connectivity index (χ1n) is 5.37. The van der Waals surface area contributed by atoms with E-state index >= 15 is 0 Å². The van der Waals surface area contributed by atoms with Crippen LogP contribution < -0.4 is 0 Å². The Hall–Kier alpha value is -1.75. The van der Waals surface area contributed by atoms with Crippen molar-refractivity contribution in [2.24, 2.45) is 0 Å². The molecule has 0 aliphatic carbocycles. The van der Waals surface area contributed by atoms with E-state index in [1.54, 1.807) is 18.2 Å². The van der Waals surface area contributed by atoms with Crippen LogP contribution in [-0.2, 0) is 5.41 Å². The number of thiazole rings is 1. The largest absolute Gasteiger partial charge is 0.476 e. The van der Waals surface area contributed by atoms with E-state index in [2.05, 4.69) is 4.98 Å². The van der Waals surface area contributed by atoms with Gasteiger partial charge in [-0.1, -0.05) is 18.2 Å². The quantitative estimate of drug-likeness (QED) is 0.926. The van der Waals surface area contributed by atoms with Gasteiger partial charge in [0.1, 0.15) is 10.8 Å². The summed E-state index contributed by atoms with van der Waals surface area (Å²) in [5, 5.41) is 10.9. The van der Waals surface area contributed by atoms with E-state index in [1.807, 2.05) is 13.8 Å². The van der Waals surface area contributed by atoms with Gasteiger partial charge < -0.3 is 5.11 Å². The third kappa shape index (κ3) is 2.13. The first kappa shape index (κ1) is 12.7. The van der Waals surface area contributed by atoms with Crippen molar-refractivity contribution in [3.8, 4) is 0 Å². The summed E-state index contributed by atoms with van der Waals surface area (Å²) in [5.74, 6) is -1.38. The lowest BCUT2D eigenvalue weighted by Gasteiger charge is -2.23. The van der Waals surface area contributed by atoms with Gasteiger partial charge in [0.15, 0.2) is 5.69 Å². The van der Waals surface area contributed by atoms with Crippen LogP contribution in [0.15, 0.2) is 29.6 Å². The molecule has 0 amide bonds. The van der Waals surface area contributed by atoms with Gasteiger partial charge in [-0.2, -0.15) is 0 Å². The molecule has 0 spiro atoms. The molecule has 1 N–H and O–H groups in total. The summed E-state index contributed by atoms with van der Waals surface area (Å²) in [5.41, 5.74) is -0.139. The fourth-order valence-corrected chi connectivity index (χ4v) is 2.67. The molecule has 3 nitrogen and oxygen atoms in total. The van der Waals surface area contributed by atoms with Crippen molar-refractivity contribution in [1.82, 2.24) is 4.98 Å². The maximum absolute atomic E-state index is 13.8. The van der Waals surface area contributed by atoms with Gasteiger partial charge in [-0.05, 0) is 19.9 Å². The third-order valence-corrected chi connectivity index (χ3v) is 3.97. The zero-order chi connectivity index (χ0) is 13.3. The number of hydrogen-bond donors (Lipinski definition) is 1. The van der Waals surface area contributed by atoms with E-state index < -0.39 is 11.4 Å². The van der Waals surface area contributed by atoms with Crippen LogP contribution in [0.3, 0.4) is 0 Å². The van der Waals surface area contributed by atoms with Crippen LogP contribution in [-0.4, -0.2) is 16.1 Å². The summed E-state index contributed by atoms with van der Waals surface area (Å²) in [6.45, 7) is 3.66. The minimum absolute atomic E-state index is 0.000542. The van der Waals surface area contributed by atoms with Crippen LogP contribution in [0.5, 0.6) is 0 Å². The maximum Gasteiger partial charge on any atom is 0.355 e. The number of carboxylic acids is 1. The number of carboxylic acid groups (broad SMARTS) is 1. The van der Waals surface area contributed by atoms with Gasteiger partial charge in [-0.3, -0.25) is 0 Å². The minimum Gasteiger partial charge on any atom is -0.476 e. The molecule has 0 bridgehead atoms. The highest BCUT2D eigenvalue weighted by atomic mass is 32.1. The molecule has 0 aliphatic rings. The van der Waals surface area contributed by atoms with Crippen LogP contribution in [0.2, 0.25) is 0 Å². The Morgan fingerprint density at radius 3 is 2.61 bits per heavy atom. The molecule has 0 unspecified atom stereocenters. The number of benzene rings is 1. The van der Waals surface area contributed by atoms with Crippen LogP contribution in [0.1, 0.15) is 34.9 Å². The molecule has 0 saturated heterocycles. The van der Waals surface area contributed by atoms with E-state index in [0.717, 1.165) is 0 Å². The SMILES string of the molecule is CC(C)(c1nc(C(=O)O)cs1)c1ccccc1F. The zero-order valence-electron chi connectivity index (χ0n) is 9.98. The summed E-state index contributed by atoms with van der Waals surface area (Å²) >= 11 is 1.23. The standard InChI is InChI=1S/C13H12FNO2S/c1-13(2,8-5-3-4-6-9(8)14)12-15-10(7-18-12)11(16)17/h3-7H,1-2H3,(H,16,17). The average Bonchev–Trinajstić information content (AvgIpc) is 2.79. The Morgan fingerprint density at radius 2 is 2.06 bits per heavy atom. The first-order chi connectivity index (χ1) is 8.43. The molecule has 0 aliphatic heterocycles. The van der Waals surface area contributed by atoms with Gasteiger partial charge in [-0.25, -0.2) is 14.2 Å². The molecule has 1 aromatic carbocycles. The Balaban J connectivity index is 2.47. The van der Waals surface area contributed by atoms with Crippen molar-refractivity contribution in [2.75, 3.05) is 0 Å². The fraction of sp³-hybridized carbons (Fsp3) is 0.231. The van der Waals surface area contributed by atoms with Crippen LogP contribution >= 0.6 is 11.3 Å². The second-order valence-electron chi connectivity index (χ2n) is 4.45. The second kappa shape index (κ2) is 4.49. The van der Waals surface area contributed by atoms with Crippen LogP contribution in [0.4, 0.5) is 4.39 Å². The number of hydrogen-bond acceptors (Lipinski definition) is 3. The molecule has 0 atom stereocenters. The second-order valence-corrected chi connectivity index (χ2v) is 5.31. The summed E-state index contributed by atoms with van der Waals surface area (Å²) in [4.78, 5) is 14.9. The predicted octanol–water partition coefficient (Wildman–Crippen LogP) is 3.31. The highest BCUT2D eigenvalue weighted by Gasteiger charge is 2.30. The molecule has 5 heteroatoms. The highest BCUT2D eigenvalue weighted by Crippen LogP contribution is 2.34. The molecule has 0 fully saturated rings. The van der Waals surface area contributed by atoms with Crippen molar-refractivity contribution in [2.45, 2.75) is 19.3 Å². The Kier molecular flexibility index (Phi) is 3.17. The van der Waals surface area contributed by atoms with Crippen molar-refractivity contribution < 1.29 is 14.3 Å². The normalized spacial score (nSPS) is 11.5. The van der Waals surface area contributed by atoms with Crippen molar-refractivity contribution in [3.63, 3.8) is 0 Å². The summed E-state index contributed by atoms with van der Waals surface area (Å²) in [7, 11) is 0. The Bertz CT molecular complexity index is 592. The smallest absolute Gasteiger partial charge is 0.355 e. The maximum atomic E-state index is 13.8. The van der Waals surface area contributed by atoms with E-state index in [-0.39, 0.29) is 11.5 Å². The van der Waals surface area contributed by atoms with Gasteiger partial charge >= 0.3 is 5.97 Å². The van der Waals surface area contributed by atoms with Crippen molar-refractivity contribution in [1.29, 1.82) is 0 Å². The summed E-state index contributed by atoms with van der Waals surface area (Å²) < 4.78 is 13.8. The molecular weight excluding hydrogens is 253 g/mol. The van der Waals surface area contributed by atoms with Crippen molar-refractivity contribution in [3.05, 3.63) is 51.7 Å². The third-order valence-electron chi connectivity index (χ3n) is 2.81.